The average molecular weight is 226 g/mol. The zero-order chi connectivity index (χ0) is 8.23. The molecule has 81 valence electrons. The van der Waals surface area contributed by atoms with Crippen LogP contribution in [0.2, 0.25) is 0 Å². The van der Waals surface area contributed by atoms with Crippen LogP contribution in [0.5, 0.6) is 0 Å². The Morgan fingerprint density at radius 1 is 0.800 bits per heavy atom. The third-order valence-corrected chi connectivity index (χ3v) is 1.73. The van der Waals surface area contributed by atoms with Crippen molar-refractivity contribution in [1.29, 1.82) is 0 Å². The zero-order valence-corrected chi connectivity index (χ0v) is 8.95. The van der Waals surface area contributed by atoms with Crippen molar-refractivity contribution < 1.29 is 11.0 Å². The van der Waals surface area contributed by atoms with Crippen LogP contribution in [-0.2, 0) is 0 Å². The molecular weight excluding hydrogens is 212 g/mol. The first-order chi connectivity index (χ1) is 5.95. The molecule has 0 aliphatic carbocycles. The molecular formula is C10H14BClNO2. The standard InChI is InChI=1S/C10H9BN.ClH.2H2O/c1-2-6-10(7-3-1)11-12-8-4-5-9-12;;;/h1-9H;1H;2*1H2. The van der Waals surface area contributed by atoms with Crippen molar-refractivity contribution in [2.45, 2.75) is 0 Å². The molecule has 1 aromatic carbocycles. The summed E-state index contributed by atoms with van der Waals surface area (Å²) >= 11 is 0. The second-order valence-corrected chi connectivity index (χ2v) is 2.67. The first-order valence-corrected chi connectivity index (χ1v) is 3.97. The normalized spacial score (nSPS) is 7.73. The highest BCUT2D eigenvalue weighted by Gasteiger charge is 1.94. The van der Waals surface area contributed by atoms with E-state index in [1.54, 1.807) is 0 Å². The van der Waals surface area contributed by atoms with Crippen LogP contribution in [-0.4, -0.2) is 22.8 Å². The van der Waals surface area contributed by atoms with Gasteiger partial charge in [-0.1, -0.05) is 35.8 Å². The molecule has 0 spiro atoms. The van der Waals surface area contributed by atoms with Gasteiger partial charge in [0.25, 0.3) is 7.41 Å². The highest BCUT2D eigenvalue weighted by molar-refractivity contribution is 6.51. The monoisotopic (exact) mass is 226 g/mol. The highest BCUT2D eigenvalue weighted by atomic mass is 35.5. The predicted octanol–water partition coefficient (Wildman–Crippen LogP) is 0.0533. The minimum Gasteiger partial charge on any atom is -0.412 e. The van der Waals surface area contributed by atoms with Crippen LogP contribution >= 0.6 is 12.4 Å². The Hall–Kier alpha value is -1.23. The number of halogens is 1. The van der Waals surface area contributed by atoms with Crippen molar-refractivity contribution >= 4 is 25.3 Å². The van der Waals surface area contributed by atoms with Crippen LogP contribution < -0.4 is 5.46 Å². The quantitative estimate of drug-likeness (QED) is 0.650. The fourth-order valence-electron chi connectivity index (χ4n) is 1.15. The molecule has 0 aliphatic rings. The van der Waals surface area contributed by atoms with E-state index in [1.807, 2.05) is 47.2 Å². The fourth-order valence-corrected chi connectivity index (χ4v) is 1.15. The Bertz CT molecular complexity index is 340. The summed E-state index contributed by atoms with van der Waals surface area (Å²) in [5, 5.41) is 0. The van der Waals surface area contributed by atoms with Crippen molar-refractivity contribution in [3.63, 3.8) is 0 Å². The van der Waals surface area contributed by atoms with Gasteiger partial charge in [-0.05, 0) is 24.5 Å². The molecule has 0 aliphatic heterocycles. The molecule has 2 aromatic rings. The van der Waals surface area contributed by atoms with Crippen LogP contribution in [0.25, 0.3) is 0 Å². The predicted molar refractivity (Wildman–Crippen MR) is 66.1 cm³/mol. The van der Waals surface area contributed by atoms with Gasteiger partial charge in [-0.25, -0.2) is 0 Å². The summed E-state index contributed by atoms with van der Waals surface area (Å²) in [5.74, 6) is 0. The maximum Gasteiger partial charge on any atom is 0.289 e. The summed E-state index contributed by atoms with van der Waals surface area (Å²) in [7, 11) is 2.08. The number of hydrogen-bond acceptors (Lipinski definition) is 0. The largest absolute Gasteiger partial charge is 0.412 e. The molecule has 1 aromatic heterocycles. The first kappa shape index (κ1) is 16.2. The van der Waals surface area contributed by atoms with Crippen molar-refractivity contribution in [1.82, 2.24) is 4.48 Å². The first-order valence-electron chi connectivity index (χ1n) is 3.97. The van der Waals surface area contributed by atoms with Crippen LogP contribution in [0.15, 0.2) is 54.9 Å². The summed E-state index contributed by atoms with van der Waals surface area (Å²) in [6.45, 7) is 0. The minimum absolute atomic E-state index is 0. The number of aromatic nitrogens is 1. The summed E-state index contributed by atoms with van der Waals surface area (Å²) < 4.78 is 2.04. The van der Waals surface area contributed by atoms with Gasteiger partial charge in [0, 0.05) is 0 Å². The average Bonchev–Trinajstić information content (AvgIpc) is 2.59. The summed E-state index contributed by atoms with van der Waals surface area (Å²) in [6.07, 6.45) is 4.04. The van der Waals surface area contributed by atoms with E-state index >= 15 is 0 Å². The van der Waals surface area contributed by atoms with Crippen LogP contribution in [0.4, 0.5) is 0 Å². The van der Waals surface area contributed by atoms with Gasteiger partial charge in [-0.3, -0.25) is 0 Å². The van der Waals surface area contributed by atoms with Gasteiger partial charge in [0.1, 0.15) is 0 Å². The second-order valence-electron chi connectivity index (χ2n) is 2.67. The van der Waals surface area contributed by atoms with Crippen LogP contribution in [0.1, 0.15) is 0 Å². The molecule has 15 heavy (non-hydrogen) atoms. The lowest BCUT2D eigenvalue weighted by Crippen LogP contribution is -2.20. The van der Waals surface area contributed by atoms with E-state index in [0.29, 0.717) is 0 Å². The maximum atomic E-state index is 2.08. The summed E-state index contributed by atoms with van der Waals surface area (Å²) in [4.78, 5) is 0. The molecule has 2 rings (SSSR count). The van der Waals surface area contributed by atoms with Gasteiger partial charge in [0.05, 0.1) is 0 Å². The van der Waals surface area contributed by atoms with Crippen LogP contribution in [0, 0.1) is 0 Å². The lowest BCUT2D eigenvalue weighted by molar-refractivity contribution is 0.823. The Morgan fingerprint density at radius 2 is 1.33 bits per heavy atom. The molecule has 3 nitrogen and oxygen atoms in total. The lowest BCUT2D eigenvalue weighted by atomic mass is 9.83. The van der Waals surface area contributed by atoms with E-state index in [-0.39, 0.29) is 23.4 Å². The van der Waals surface area contributed by atoms with Gasteiger partial charge in [0.15, 0.2) is 0 Å². The van der Waals surface area contributed by atoms with Gasteiger partial charge >= 0.3 is 0 Å². The Labute approximate surface area is 96.0 Å². The molecule has 0 saturated heterocycles. The maximum absolute atomic E-state index is 2.08. The summed E-state index contributed by atoms with van der Waals surface area (Å²) in [5.41, 5.74) is 1.22. The lowest BCUT2D eigenvalue weighted by Gasteiger charge is -1.98. The SMILES string of the molecule is Cl.O.O.[B](c1ccccc1)n1cccc1. The Kier molecular flexibility index (Phi) is 8.77. The van der Waals surface area contributed by atoms with Gasteiger partial charge in [0.2, 0.25) is 0 Å². The Morgan fingerprint density at radius 3 is 1.87 bits per heavy atom. The topological polar surface area (TPSA) is 67.9 Å². The van der Waals surface area contributed by atoms with E-state index < -0.39 is 0 Å². The molecule has 0 saturated carbocycles. The highest BCUT2D eigenvalue weighted by Crippen LogP contribution is 1.87. The molecule has 4 N–H and O–H groups in total. The number of hydrogen-bond donors (Lipinski definition) is 0. The van der Waals surface area contributed by atoms with E-state index in [1.165, 1.54) is 5.46 Å². The Balaban J connectivity index is 0. The molecule has 5 heteroatoms. The number of benzene rings is 1. The smallest absolute Gasteiger partial charge is 0.289 e. The van der Waals surface area contributed by atoms with Gasteiger partial charge in [-0.2, -0.15) is 0 Å². The minimum atomic E-state index is 0. The molecule has 1 heterocycles. The molecule has 0 unspecified atom stereocenters. The molecule has 1 radical (unpaired) electrons. The van der Waals surface area contributed by atoms with Gasteiger partial charge < -0.3 is 15.4 Å². The van der Waals surface area contributed by atoms with E-state index in [9.17, 15) is 0 Å². The van der Waals surface area contributed by atoms with Crippen molar-refractivity contribution in [2.75, 3.05) is 0 Å². The molecule has 0 bridgehead atoms. The van der Waals surface area contributed by atoms with Crippen molar-refractivity contribution in [3.05, 3.63) is 54.9 Å². The van der Waals surface area contributed by atoms with Crippen molar-refractivity contribution in [3.8, 4) is 0 Å². The molecule has 0 fully saturated rings. The third kappa shape index (κ3) is 4.69. The van der Waals surface area contributed by atoms with E-state index in [0.717, 1.165) is 0 Å². The summed E-state index contributed by atoms with van der Waals surface area (Å²) in [6, 6.07) is 14.3. The zero-order valence-electron chi connectivity index (χ0n) is 8.13. The molecule has 0 atom stereocenters. The fraction of sp³-hybridized carbons (Fsp3) is 0. The third-order valence-electron chi connectivity index (χ3n) is 1.73. The molecule has 0 amide bonds. The van der Waals surface area contributed by atoms with E-state index in [2.05, 4.69) is 19.5 Å². The number of nitrogens with zero attached hydrogens (tertiary/aromatic N) is 1. The van der Waals surface area contributed by atoms with E-state index in [4.69, 9.17) is 0 Å². The second kappa shape index (κ2) is 8.11. The van der Waals surface area contributed by atoms with Crippen molar-refractivity contribution in [2.24, 2.45) is 0 Å². The van der Waals surface area contributed by atoms with Crippen LogP contribution in [0.3, 0.4) is 0 Å². The number of rotatable bonds is 2. The van der Waals surface area contributed by atoms with Gasteiger partial charge in [-0.15, -0.1) is 12.4 Å².